The first-order chi connectivity index (χ1) is 9.70. The minimum atomic E-state index is -0.546. The number of ether oxygens (including phenoxy) is 1. The van der Waals surface area contributed by atoms with E-state index in [1.165, 1.54) is 25.3 Å². The van der Waals surface area contributed by atoms with Crippen LogP contribution < -0.4 is 10.1 Å². The number of amides is 1. The molecule has 1 aromatic carbocycles. The topological polar surface area (TPSA) is 51.5 Å². The van der Waals surface area contributed by atoms with Gasteiger partial charge in [-0.1, -0.05) is 0 Å². The molecule has 0 aliphatic carbocycles. The molecule has 4 nitrogen and oxygen atoms in total. The van der Waals surface area contributed by atoms with Crippen LogP contribution in [0.5, 0.6) is 5.75 Å². The Morgan fingerprint density at radius 2 is 2.25 bits per heavy atom. The van der Waals surface area contributed by atoms with E-state index in [-0.39, 0.29) is 17.2 Å². The van der Waals surface area contributed by atoms with Gasteiger partial charge in [0.2, 0.25) is 0 Å². The van der Waals surface area contributed by atoms with Gasteiger partial charge in [0.25, 0.3) is 5.91 Å². The van der Waals surface area contributed by atoms with E-state index < -0.39 is 5.82 Å². The molecule has 0 bridgehead atoms. The molecule has 0 aliphatic rings. The fourth-order valence-corrected chi connectivity index (χ4v) is 1.83. The first-order valence-electron chi connectivity index (χ1n) is 6.35. The first-order valence-corrected chi connectivity index (χ1v) is 6.35. The maximum absolute atomic E-state index is 13.5. The van der Waals surface area contributed by atoms with Crippen molar-refractivity contribution in [1.82, 2.24) is 5.32 Å². The Hall–Kier alpha value is -2.30. The van der Waals surface area contributed by atoms with Gasteiger partial charge in [0.05, 0.1) is 13.4 Å². The molecule has 1 N–H and O–H groups in total. The fourth-order valence-electron chi connectivity index (χ4n) is 1.83. The van der Waals surface area contributed by atoms with Crippen molar-refractivity contribution in [2.45, 2.75) is 12.8 Å². The van der Waals surface area contributed by atoms with Gasteiger partial charge >= 0.3 is 0 Å². The summed E-state index contributed by atoms with van der Waals surface area (Å²) in [5.41, 5.74) is 0.279. The van der Waals surface area contributed by atoms with Gasteiger partial charge in [-0.3, -0.25) is 4.79 Å². The van der Waals surface area contributed by atoms with E-state index in [1.807, 2.05) is 12.1 Å². The zero-order valence-corrected chi connectivity index (χ0v) is 11.2. The van der Waals surface area contributed by atoms with E-state index in [1.54, 1.807) is 6.26 Å². The molecule has 1 aromatic heterocycles. The molecule has 0 atom stereocenters. The molecular weight excluding hydrogens is 261 g/mol. The number of rotatable bonds is 6. The molecule has 2 rings (SSSR count). The second-order valence-corrected chi connectivity index (χ2v) is 4.29. The SMILES string of the molecule is COc1ccc(C(=O)NCCCc2ccco2)cc1F. The second kappa shape index (κ2) is 6.75. The summed E-state index contributed by atoms with van der Waals surface area (Å²) in [5.74, 6) is 0.163. The summed E-state index contributed by atoms with van der Waals surface area (Å²) >= 11 is 0. The van der Waals surface area contributed by atoms with Crippen molar-refractivity contribution in [1.29, 1.82) is 0 Å². The predicted octanol–water partition coefficient (Wildman–Crippen LogP) is 2.79. The highest BCUT2D eigenvalue weighted by Crippen LogP contribution is 2.17. The number of nitrogens with one attached hydrogen (secondary N) is 1. The number of benzene rings is 1. The Bertz CT molecular complexity index is 567. The molecule has 0 saturated carbocycles. The second-order valence-electron chi connectivity index (χ2n) is 4.29. The molecule has 0 fully saturated rings. The number of aryl methyl sites for hydroxylation is 1. The van der Waals surface area contributed by atoms with Crippen molar-refractivity contribution in [2.24, 2.45) is 0 Å². The predicted molar refractivity (Wildman–Crippen MR) is 72.3 cm³/mol. The number of hydrogen-bond donors (Lipinski definition) is 1. The lowest BCUT2D eigenvalue weighted by Crippen LogP contribution is -2.24. The molecule has 2 aromatic rings. The van der Waals surface area contributed by atoms with Gasteiger partial charge in [0, 0.05) is 18.5 Å². The zero-order valence-electron chi connectivity index (χ0n) is 11.2. The average Bonchev–Trinajstić information content (AvgIpc) is 2.96. The molecule has 1 amide bonds. The van der Waals surface area contributed by atoms with E-state index in [4.69, 9.17) is 9.15 Å². The number of methoxy groups -OCH3 is 1. The Balaban J connectivity index is 1.81. The average molecular weight is 277 g/mol. The van der Waals surface area contributed by atoms with Gasteiger partial charge in [0.1, 0.15) is 5.76 Å². The molecule has 1 heterocycles. The van der Waals surface area contributed by atoms with Crippen molar-refractivity contribution in [3.8, 4) is 5.75 Å². The highest BCUT2D eigenvalue weighted by Gasteiger charge is 2.09. The van der Waals surface area contributed by atoms with Crippen LogP contribution in [0.4, 0.5) is 4.39 Å². The molecule has 0 saturated heterocycles. The third-order valence-corrected chi connectivity index (χ3v) is 2.88. The summed E-state index contributed by atoms with van der Waals surface area (Å²) in [5, 5.41) is 2.74. The third-order valence-electron chi connectivity index (χ3n) is 2.88. The highest BCUT2D eigenvalue weighted by atomic mass is 19.1. The van der Waals surface area contributed by atoms with E-state index >= 15 is 0 Å². The van der Waals surface area contributed by atoms with E-state index in [9.17, 15) is 9.18 Å². The van der Waals surface area contributed by atoms with Crippen molar-refractivity contribution < 1.29 is 18.3 Å². The minimum Gasteiger partial charge on any atom is -0.494 e. The van der Waals surface area contributed by atoms with Crippen LogP contribution in [-0.4, -0.2) is 19.6 Å². The van der Waals surface area contributed by atoms with Crippen LogP contribution in [0.15, 0.2) is 41.0 Å². The maximum Gasteiger partial charge on any atom is 0.251 e. The van der Waals surface area contributed by atoms with Crippen molar-refractivity contribution >= 4 is 5.91 Å². The Morgan fingerprint density at radius 3 is 2.90 bits per heavy atom. The normalized spacial score (nSPS) is 10.3. The summed E-state index contributed by atoms with van der Waals surface area (Å²) in [7, 11) is 1.38. The lowest BCUT2D eigenvalue weighted by Gasteiger charge is -2.06. The van der Waals surface area contributed by atoms with Gasteiger partial charge in [-0.25, -0.2) is 4.39 Å². The smallest absolute Gasteiger partial charge is 0.251 e. The molecule has 0 aliphatic heterocycles. The summed E-state index contributed by atoms with van der Waals surface area (Å²) < 4.78 is 23.5. The maximum atomic E-state index is 13.5. The first kappa shape index (κ1) is 14.1. The van der Waals surface area contributed by atoms with Gasteiger partial charge in [-0.2, -0.15) is 0 Å². The Kier molecular flexibility index (Phi) is 4.76. The van der Waals surface area contributed by atoms with E-state index in [2.05, 4.69) is 5.32 Å². The molecular formula is C15H16FNO3. The summed E-state index contributed by atoms with van der Waals surface area (Å²) in [6.45, 7) is 0.507. The molecule has 20 heavy (non-hydrogen) atoms. The van der Waals surface area contributed by atoms with Crippen LogP contribution in [0.3, 0.4) is 0 Å². The van der Waals surface area contributed by atoms with Gasteiger partial charge in [-0.05, 0) is 36.8 Å². The summed E-state index contributed by atoms with van der Waals surface area (Å²) in [6.07, 6.45) is 3.14. The monoisotopic (exact) mass is 277 g/mol. The van der Waals surface area contributed by atoms with Crippen molar-refractivity contribution in [3.63, 3.8) is 0 Å². The molecule has 5 heteroatoms. The van der Waals surface area contributed by atoms with Gasteiger partial charge in [0.15, 0.2) is 11.6 Å². The van der Waals surface area contributed by atoms with Crippen LogP contribution in [0.2, 0.25) is 0 Å². The summed E-state index contributed by atoms with van der Waals surface area (Å²) in [6, 6.07) is 7.85. The van der Waals surface area contributed by atoms with Crippen LogP contribution in [0, 0.1) is 5.82 Å². The highest BCUT2D eigenvalue weighted by molar-refractivity contribution is 5.94. The third kappa shape index (κ3) is 3.60. The number of carbonyl (C=O) groups excluding carboxylic acids is 1. The lowest BCUT2D eigenvalue weighted by molar-refractivity contribution is 0.0952. The van der Waals surface area contributed by atoms with Crippen LogP contribution >= 0.6 is 0 Å². The minimum absolute atomic E-state index is 0.124. The number of furan rings is 1. The standard InChI is InChI=1S/C15H16FNO3/c1-19-14-7-6-11(10-13(14)16)15(18)17-8-2-4-12-5-3-9-20-12/h3,5-7,9-10H,2,4,8H2,1H3,(H,17,18). The Labute approximate surface area is 116 Å². The molecule has 0 radical (unpaired) electrons. The van der Waals surface area contributed by atoms with Crippen molar-refractivity contribution in [3.05, 3.63) is 53.7 Å². The molecule has 0 unspecified atom stereocenters. The largest absolute Gasteiger partial charge is 0.494 e. The molecule has 0 spiro atoms. The summed E-state index contributed by atoms with van der Waals surface area (Å²) in [4.78, 5) is 11.8. The van der Waals surface area contributed by atoms with Gasteiger partial charge in [-0.15, -0.1) is 0 Å². The molecule has 106 valence electrons. The zero-order chi connectivity index (χ0) is 14.4. The van der Waals surface area contributed by atoms with E-state index in [0.29, 0.717) is 6.54 Å². The van der Waals surface area contributed by atoms with Crippen LogP contribution in [0.1, 0.15) is 22.5 Å². The van der Waals surface area contributed by atoms with Crippen molar-refractivity contribution in [2.75, 3.05) is 13.7 Å². The number of hydrogen-bond acceptors (Lipinski definition) is 3. The van der Waals surface area contributed by atoms with Crippen LogP contribution in [-0.2, 0) is 6.42 Å². The number of halogens is 1. The Morgan fingerprint density at radius 1 is 1.40 bits per heavy atom. The van der Waals surface area contributed by atoms with Crippen LogP contribution in [0.25, 0.3) is 0 Å². The fraction of sp³-hybridized carbons (Fsp3) is 0.267. The van der Waals surface area contributed by atoms with E-state index in [0.717, 1.165) is 18.6 Å². The number of carbonyl (C=O) groups is 1. The lowest BCUT2D eigenvalue weighted by atomic mass is 10.2. The van der Waals surface area contributed by atoms with Gasteiger partial charge < -0.3 is 14.5 Å². The quantitative estimate of drug-likeness (QED) is 0.826.